The van der Waals surface area contributed by atoms with Crippen LogP contribution in [0.2, 0.25) is 0 Å². The standard InChI is InChI=1S/C16H25N3O4/c1-3-8-17-16(22)18-14(20)10-19-12-7-5-4-6-11(12)9-13(19)15(21)23-2/h3,11-13H,1,4-10H2,2H3,(H2,17,18,20,22)/t11-,12+,13-/m0/s1. The molecule has 1 saturated heterocycles. The number of likely N-dealkylation sites (tertiary alicyclic amines) is 1. The number of carbonyl (C=O) groups is 3. The van der Waals surface area contributed by atoms with Gasteiger partial charge in [0.25, 0.3) is 0 Å². The second kappa shape index (κ2) is 8.10. The van der Waals surface area contributed by atoms with Crippen molar-refractivity contribution in [2.24, 2.45) is 5.92 Å². The molecular formula is C16H25N3O4. The van der Waals surface area contributed by atoms with Gasteiger partial charge >= 0.3 is 12.0 Å². The number of nitrogens with one attached hydrogen (secondary N) is 2. The number of amides is 3. The summed E-state index contributed by atoms with van der Waals surface area (Å²) in [7, 11) is 1.37. The van der Waals surface area contributed by atoms with Crippen molar-refractivity contribution >= 4 is 17.9 Å². The van der Waals surface area contributed by atoms with E-state index in [1.54, 1.807) is 0 Å². The number of rotatable bonds is 5. The summed E-state index contributed by atoms with van der Waals surface area (Å²) in [5, 5.41) is 4.77. The molecule has 2 aliphatic rings. The predicted octanol–water partition coefficient (Wildman–Crippen LogP) is 0.804. The summed E-state index contributed by atoms with van der Waals surface area (Å²) in [6.45, 7) is 3.81. The number of nitrogens with zero attached hydrogens (tertiary/aromatic N) is 1. The second-order valence-corrected chi connectivity index (χ2v) is 6.11. The molecule has 2 N–H and O–H groups in total. The van der Waals surface area contributed by atoms with Gasteiger partial charge in [-0.05, 0) is 25.2 Å². The second-order valence-electron chi connectivity index (χ2n) is 6.11. The Bertz CT molecular complexity index is 480. The number of imide groups is 1. The Morgan fingerprint density at radius 1 is 1.30 bits per heavy atom. The number of urea groups is 1. The van der Waals surface area contributed by atoms with Gasteiger partial charge in [-0.3, -0.25) is 19.8 Å². The van der Waals surface area contributed by atoms with Gasteiger partial charge in [-0.1, -0.05) is 18.9 Å². The minimum absolute atomic E-state index is 0.0302. The van der Waals surface area contributed by atoms with Gasteiger partial charge in [0.15, 0.2) is 0 Å². The van der Waals surface area contributed by atoms with E-state index in [0.29, 0.717) is 5.92 Å². The maximum Gasteiger partial charge on any atom is 0.323 e. The summed E-state index contributed by atoms with van der Waals surface area (Å²) >= 11 is 0. The van der Waals surface area contributed by atoms with E-state index < -0.39 is 18.0 Å². The summed E-state index contributed by atoms with van der Waals surface area (Å²) in [5.41, 5.74) is 0. The van der Waals surface area contributed by atoms with Crippen LogP contribution in [-0.2, 0) is 14.3 Å². The maximum absolute atomic E-state index is 12.1. The van der Waals surface area contributed by atoms with Crippen LogP contribution >= 0.6 is 0 Å². The summed E-state index contributed by atoms with van der Waals surface area (Å²) in [6.07, 6.45) is 6.59. The number of fused-ring (bicyclic) bond motifs is 1. The number of hydrogen-bond acceptors (Lipinski definition) is 5. The van der Waals surface area contributed by atoms with E-state index in [1.165, 1.54) is 19.6 Å². The predicted molar refractivity (Wildman–Crippen MR) is 84.6 cm³/mol. The molecule has 1 aliphatic heterocycles. The lowest BCUT2D eigenvalue weighted by molar-refractivity contribution is -0.146. The van der Waals surface area contributed by atoms with Crippen molar-refractivity contribution < 1.29 is 19.1 Å². The molecule has 1 saturated carbocycles. The average Bonchev–Trinajstić information content (AvgIpc) is 2.90. The van der Waals surface area contributed by atoms with Crippen LogP contribution in [0.4, 0.5) is 4.79 Å². The largest absolute Gasteiger partial charge is 0.468 e. The minimum atomic E-state index is -0.552. The van der Waals surface area contributed by atoms with Gasteiger partial charge in [0.05, 0.1) is 13.7 Å². The van der Waals surface area contributed by atoms with Crippen molar-refractivity contribution in [3.63, 3.8) is 0 Å². The topological polar surface area (TPSA) is 87.7 Å². The van der Waals surface area contributed by atoms with Gasteiger partial charge in [0, 0.05) is 12.6 Å². The zero-order chi connectivity index (χ0) is 16.8. The molecule has 0 aromatic carbocycles. The SMILES string of the molecule is C=CCNC(=O)NC(=O)CN1[C@@H]2CCCC[C@H]2C[C@H]1C(=O)OC. The van der Waals surface area contributed by atoms with Gasteiger partial charge in [-0.15, -0.1) is 6.58 Å². The molecule has 7 heteroatoms. The molecule has 2 rings (SSSR count). The number of esters is 1. The lowest BCUT2D eigenvalue weighted by atomic mass is 9.85. The van der Waals surface area contributed by atoms with E-state index in [0.717, 1.165) is 25.7 Å². The fourth-order valence-corrected chi connectivity index (χ4v) is 3.69. The molecule has 0 aromatic heterocycles. The fourth-order valence-electron chi connectivity index (χ4n) is 3.69. The first kappa shape index (κ1) is 17.5. The van der Waals surface area contributed by atoms with Gasteiger partial charge in [0.1, 0.15) is 6.04 Å². The van der Waals surface area contributed by atoms with E-state index in [-0.39, 0.29) is 25.1 Å². The Kier molecular flexibility index (Phi) is 6.15. The van der Waals surface area contributed by atoms with Gasteiger partial charge in [0.2, 0.25) is 5.91 Å². The third kappa shape index (κ3) is 4.31. The normalized spacial score (nSPS) is 26.9. The van der Waals surface area contributed by atoms with Gasteiger partial charge in [-0.25, -0.2) is 4.79 Å². The van der Waals surface area contributed by atoms with Crippen molar-refractivity contribution in [1.82, 2.24) is 15.5 Å². The number of carbonyl (C=O) groups excluding carboxylic acids is 3. The van der Waals surface area contributed by atoms with Gasteiger partial charge in [-0.2, -0.15) is 0 Å². The molecule has 0 radical (unpaired) electrons. The summed E-state index contributed by atoms with van der Waals surface area (Å²) in [5.74, 6) is -0.287. The summed E-state index contributed by atoms with van der Waals surface area (Å²) in [6, 6.07) is -0.728. The van der Waals surface area contributed by atoms with E-state index in [4.69, 9.17) is 4.74 Å². The lowest BCUT2D eigenvalue weighted by Crippen LogP contribution is -2.50. The minimum Gasteiger partial charge on any atom is -0.468 e. The van der Waals surface area contributed by atoms with Crippen LogP contribution in [0.15, 0.2) is 12.7 Å². The number of ether oxygens (including phenoxy) is 1. The van der Waals surface area contributed by atoms with Crippen LogP contribution < -0.4 is 10.6 Å². The third-order valence-corrected chi connectivity index (χ3v) is 4.68. The molecule has 3 amide bonds. The first-order valence-electron chi connectivity index (χ1n) is 8.09. The highest BCUT2D eigenvalue weighted by Gasteiger charge is 2.46. The van der Waals surface area contributed by atoms with Crippen molar-refractivity contribution in [3.05, 3.63) is 12.7 Å². The van der Waals surface area contributed by atoms with Crippen LogP contribution in [0.5, 0.6) is 0 Å². The van der Waals surface area contributed by atoms with Crippen LogP contribution in [-0.4, -0.2) is 55.1 Å². The average molecular weight is 323 g/mol. The summed E-state index contributed by atoms with van der Waals surface area (Å²) < 4.78 is 4.88. The molecule has 1 heterocycles. The quantitative estimate of drug-likeness (QED) is 0.577. The zero-order valence-corrected chi connectivity index (χ0v) is 13.5. The van der Waals surface area contributed by atoms with Crippen molar-refractivity contribution in [3.8, 4) is 0 Å². The molecule has 0 unspecified atom stereocenters. The first-order valence-corrected chi connectivity index (χ1v) is 8.09. The van der Waals surface area contributed by atoms with E-state index in [1.807, 2.05) is 4.90 Å². The zero-order valence-electron chi connectivity index (χ0n) is 13.5. The fraction of sp³-hybridized carbons (Fsp3) is 0.688. The maximum atomic E-state index is 12.1. The Morgan fingerprint density at radius 2 is 2.04 bits per heavy atom. The molecule has 2 fully saturated rings. The highest BCUT2D eigenvalue weighted by atomic mass is 16.5. The smallest absolute Gasteiger partial charge is 0.323 e. The Morgan fingerprint density at radius 3 is 2.74 bits per heavy atom. The van der Waals surface area contributed by atoms with Gasteiger partial charge < -0.3 is 10.1 Å². The van der Waals surface area contributed by atoms with Crippen LogP contribution in [0.3, 0.4) is 0 Å². The monoisotopic (exact) mass is 323 g/mol. The number of methoxy groups -OCH3 is 1. The molecule has 128 valence electrons. The molecule has 0 spiro atoms. The summed E-state index contributed by atoms with van der Waals surface area (Å²) in [4.78, 5) is 37.6. The van der Waals surface area contributed by atoms with Crippen molar-refractivity contribution in [2.75, 3.05) is 20.2 Å². The van der Waals surface area contributed by atoms with Crippen LogP contribution in [0, 0.1) is 5.92 Å². The molecular weight excluding hydrogens is 298 g/mol. The van der Waals surface area contributed by atoms with Crippen molar-refractivity contribution in [2.45, 2.75) is 44.2 Å². The lowest BCUT2D eigenvalue weighted by Gasteiger charge is -2.32. The van der Waals surface area contributed by atoms with Crippen LogP contribution in [0.1, 0.15) is 32.1 Å². The number of hydrogen-bond donors (Lipinski definition) is 2. The Labute approximate surface area is 136 Å². The first-order chi connectivity index (χ1) is 11.1. The molecule has 1 aliphatic carbocycles. The van der Waals surface area contributed by atoms with E-state index in [2.05, 4.69) is 17.2 Å². The van der Waals surface area contributed by atoms with Crippen molar-refractivity contribution in [1.29, 1.82) is 0 Å². The molecule has 23 heavy (non-hydrogen) atoms. The molecule has 0 aromatic rings. The molecule has 0 bridgehead atoms. The third-order valence-electron chi connectivity index (χ3n) is 4.68. The van der Waals surface area contributed by atoms with E-state index in [9.17, 15) is 14.4 Å². The Hall–Kier alpha value is -1.89. The highest BCUT2D eigenvalue weighted by Crippen LogP contribution is 2.39. The molecule has 3 atom stereocenters. The Balaban J connectivity index is 1.98. The van der Waals surface area contributed by atoms with E-state index >= 15 is 0 Å². The highest BCUT2D eigenvalue weighted by molar-refractivity contribution is 5.95. The van der Waals surface area contributed by atoms with Crippen LogP contribution in [0.25, 0.3) is 0 Å². The molecule has 7 nitrogen and oxygen atoms in total.